The molecule has 2 N–H and O–H groups in total. The third kappa shape index (κ3) is 2.52. The number of amides is 1. The largest absolute Gasteiger partial charge is 0.384 e. The average Bonchev–Trinajstić information content (AvgIpc) is 3.01. The predicted octanol–water partition coefficient (Wildman–Crippen LogP) is 0.962. The molecule has 6 heteroatoms. The number of sulfone groups is 1. The average molecular weight is 294 g/mol. The normalized spacial score (nSPS) is 23.1. The van der Waals surface area contributed by atoms with E-state index in [1.165, 1.54) is 5.56 Å². The minimum absolute atomic E-state index is 0.205. The monoisotopic (exact) mass is 294 g/mol. The number of fused-ring (bicyclic) bond motifs is 1. The summed E-state index contributed by atoms with van der Waals surface area (Å²) in [6.45, 7) is 1.12. The summed E-state index contributed by atoms with van der Waals surface area (Å²) in [5.74, 6) is 0.0413. The molecule has 2 aliphatic rings. The first-order valence-electron chi connectivity index (χ1n) is 6.93. The summed E-state index contributed by atoms with van der Waals surface area (Å²) in [6.07, 6.45) is 2.33. The number of benzene rings is 1. The number of carbonyl (C=O) groups excluding carboxylic acids is 1. The maximum Gasteiger partial charge on any atom is 0.251 e. The van der Waals surface area contributed by atoms with E-state index >= 15 is 0 Å². The maximum absolute atomic E-state index is 12.1. The Morgan fingerprint density at radius 2 is 2.25 bits per heavy atom. The first-order chi connectivity index (χ1) is 9.56. The van der Waals surface area contributed by atoms with Crippen LogP contribution in [0.3, 0.4) is 0 Å². The molecule has 20 heavy (non-hydrogen) atoms. The van der Waals surface area contributed by atoms with E-state index in [1.54, 1.807) is 6.07 Å². The SMILES string of the molecule is O=C(NCC1CCCS1(=O)=O)c1ccc2c(c1)NCC2. The highest BCUT2D eigenvalue weighted by atomic mass is 32.2. The van der Waals surface area contributed by atoms with Crippen LogP contribution in [0.25, 0.3) is 0 Å². The van der Waals surface area contributed by atoms with E-state index in [0.29, 0.717) is 18.4 Å². The number of rotatable bonds is 3. The van der Waals surface area contributed by atoms with Gasteiger partial charge in [-0.25, -0.2) is 8.42 Å². The molecule has 0 aromatic heterocycles. The topological polar surface area (TPSA) is 75.3 Å². The van der Waals surface area contributed by atoms with Crippen LogP contribution in [0.5, 0.6) is 0 Å². The van der Waals surface area contributed by atoms with Gasteiger partial charge in [-0.2, -0.15) is 0 Å². The van der Waals surface area contributed by atoms with E-state index in [-0.39, 0.29) is 18.2 Å². The Morgan fingerprint density at radius 3 is 3.00 bits per heavy atom. The van der Waals surface area contributed by atoms with Crippen LogP contribution in [0.1, 0.15) is 28.8 Å². The lowest BCUT2D eigenvalue weighted by Crippen LogP contribution is -2.34. The van der Waals surface area contributed by atoms with Gasteiger partial charge in [-0.05, 0) is 37.0 Å². The van der Waals surface area contributed by atoms with Crippen molar-refractivity contribution < 1.29 is 13.2 Å². The molecule has 1 amide bonds. The van der Waals surface area contributed by atoms with Gasteiger partial charge in [-0.1, -0.05) is 6.07 Å². The zero-order valence-electron chi connectivity index (χ0n) is 11.2. The molecule has 1 aromatic rings. The molecule has 1 atom stereocenters. The third-order valence-electron chi connectivity index (χ3n) is 4.03. The highest BCUT2D eigenvalue weighted by molar-refractivity contribution is 7.92. The van der Waals surface area contributed by atoms with E-state index in [9.17, 15) is 13.2 Å². The molecule has 1 fully saturated rings. The number of anilines is 1. The molecular weight excluding hydrogens is 276 g/mol. The fourth-order valence-electron chi connectivity index (χ4n) is 2.83. The van der Waals surface area contributed by atoms with E-state index in [4.69, 9.17) is 0 Å². The molecule has 2 aliphatic heterocycles. The molecular formula is C14H18N2O3S. The van der Waals surface area contributed by atoms with Crippen molar-refractivity contribution in [1.82, 2.24) is 5.32 Å². The van der Waals surface area contributed by atoms with Crippen molar-refractivity contribution in [3.8, 4) is 0 Å². The molecule has 5 nitrogen and oxygen atoms in total. The van der Waals surface area contributed by atoms with Crippen molar-refractivity contribution in [3.63, 3.8) is 0 Å². The van der Waals surface area contributed by atoms with Crippen LogP contribution in [0.2, 0.25) is 0 Å². The highest BCUT2D eigenvalue weighted by Crippen LogP contribution is 2.23. The third-order valence-corrected chi connectivity index (χ3v) is 6.31. The number of nitrogens with one attached hydrogen (secondary N) is 2. The van der Waals surface area contributed by atoms with Gasteiger partial charge in [-0.15, -0.1) is 0 Å². The lowest BCUT2D eigenvalue weighted by atomic mass is 10.1. The molecule has 108 valence electrons. The Kier molecular flexibility index (Phi) is 3.41. The fourth-order valence-corrected chi connectivity index (χ4v) is 4.59. The number of hydrogen-bond donors (Lipinski definition) is 2. The Balaban J connectivity index is 1.65. The van der Waals surface area contributed by atoms with Gasteiger partial charge < -0.3 is 10.6 Å². The lowest BCUT2D eigenvalue weighted by molar-refractivity contribution is 0.0953. The van der Waals surface area contributed by atoms with Gasteiger partial charge in [0, 0.05) is 24.3 Å². The zero-order valence-corrected chi connectivity index (χ0v) is 12.0. The van der Waals surface area contributed by atoms with Crippen molar-refractivity contribution in [2.45, 2.75) is 24.5 Å². The molecule has 0 aliphatic carbocycles. The molecule has 0 spiro atoms. The van der Waals surface area contributed by atoms with Gasteiger partial charge in [0.05, 0.1) is 11.0 Å². The van der Waals surface area contributed by atoms with Crippen LogP contribution in [0.4, 0.5) is 5.69 Å². The minimum atomic E-state index is -3.00. The summed E-state index contributed by atoms with van der Waals surface area (Å²) >= 11 is 0. The standard InChI is InChI=1S/C14H18N2O3S/c17-14(16-9-12-2-1-7-20(12,18)19)11-4-3-10-5-6-15-13(10)8-11/h3-4,8,12,15H,1-2,5-7,9H2,(H,16,17). The summed E-state index contributed by atoms with van der Waals surface area (Å²) in [5, 5.41) is 5.55. The number of carbonyl (C=O) groups is 1. The summed E-state index contributed by atoms with van der Waals surface area (Å²) in [4.78, 5) is 12.1. The van der Waals surface area contributed by atoms with Crippen LogP contribution in [-0.4, -0.2) is 38.4 Å². The van der Waals surface area contributed by atoms with Crippen LogP contribution in [-0.2, 0) is 16.3 Å². The quantitative estimate of drug-likeness (QED) is 0.871. The van der Waals surface area contributed by atoms with Crippen LogP contribution >= 0.6 is 0 Å². The molecule has 3 rings (SSSR count). The van der Waals surface area contributed by atoms with Crippen LogP contribution in [0, 0.1) is 0 Å². The van der Waals surface area contributed by atoms with Gasteiger partial charge in [0.1, 0.15) is 0 Å². The minimum Gasteiger partial charge on any atom is -0.384 e. The number of hydrogen-bond acceptors (Lipinski definition) is 4. The molecule has 0 bridgehead atoms. The highest BCUT2D eigenvalue weighted by Gasteiger charge is 2.31. The second-order valence-electron chi connectivity index (χ2n) is 5.39. The molecule has 1 unspecified atom stereocenters. The predicted molar refractivity (Wildman–Crippen MR) is 77.8 cm³/mol. The Bertz CT molecular complexity index is 640. The van der Waals surface area contributed by atoms with Crippen molar-refractivity contribution in [3.05, 3.63) is 29.3 Å². The van der Waals surface area contributed by atoms with E-state index in [2.05, 4.69) is 10.6 Å². The van der Waals surface area contributed by atoms with E-state index < -0.39 is 15.1 Å². The van der Waals surface area contributed by atoms with Crippen molar-refractivity contribution in [1.29, 1.82) is 0 Å². The summed E-state index contributed by atoms with van der Waals surface area (Å²) in [5.41, 5.74) is 2.81. The Labute approximate surface area is 118 Å². The summed E-state index contributed by atoms with van der Waals surface area (Å²) in [6, 6.07) is 5.59. The Morgan fingerprint density at radius 1 is 1.40 bits per heavy atom. The van der Waals surface area contributed by atoms with Gasteiger partial charge in [-0.3, -0.25) is 4.79 Å². The summed E-state index contributed by atoms with van der Waals surface area (Å²) < 4.78 is 23.4. The van der Waals surface area contributed by atoms with Gasteiger partial charge >= 0.3 is 0 Å². The van der Waals surface area contributed by atoms with E-state index in [1.807, 2.05) is 12.1 Å². The lowest BCUT2D eigenvalue weighted by Gasteiger charge is -2.11. The summed E-state index contributed by atoms with van der Waals surface area (Å²) in [7, 11) is -3.00. The van der Waals surface area contributed by atoms with Crippen LogP contribution in [0.15, 0.2) is 18.2 Å². The molecule has 1 aromatic carbocycles. The second-order valence-corrected chi connectivity index (χ2v) is 7.79. The van der Waals surface area contributed by atoms with Gasteiger partial charge in [0.2, 0.25) is 0 Å². The first kappa shape index (κ1) is 13.4. The first-order valence-corrected chi connectivity index (χ1v) is 8.64. The van der Waals surface area contributed by atoms with Crippen molar-refractivity contribution in [2.75, 3.05) is 24.2 Å². The second kappa shape index (κ2) is 5.09. The molecule has 1 saturated heterocycles. The van der Waals surface area contributed by atoms with Crippen molar-refractivity contribution in [2.24, 2.45) is 0 Å². The fraction of sp³-hybridized carbons (Fsp3) is 0.500. The van der Waals surface area contributed by atoms with Crippen molar-refractivity contribution >= 4 is 21.4 Å². The zero-order chi connectivity index (χ0) is 14.2. The van der Waals surface area contributed by atoms with Gasteiger partial charge in [0.25, 0.3) is 5.91 Å². The maximum atomic E-state index is 12.1. The molecule has 0 saturated carbocycles. The smallest absolute Gasteiger partial charge is 0.251 e. The molecule has 0 radical (unpaired) electrons. The van der Waals surface area contributed by atoms with Gasteiger partial charge in [0.15, 0.2) is 9.84 Å². The Hall–Kier alpha value is -1.56. The van der Waals surface area contributed by atoms with E-state index in [0.717, 1.165) is 18.7 Å². The molecule has 2 heterocycles. The van der Waals surface area contributed by atoms with Crippen LogP contribution < -0.4 is 10.6 Å².